The molecule has 1 aliphatic heterocycles. The second kappa shape index (κ2) is 9.54. The summed E-state index contributed by atoms with van der Waals surface area (Å²) in [6.07, 6.45) is 7.80. The molecule has 0 amide bonds. The molecule has 4 rings (SSSR count). The van der Waals surface area contributed by atoms with Gasteiger partial charge in [-0.1, -0.05) is 35.9 Å². The number of halogens is 1. The number of piperazine rings is 1. The quantitative estimate of drug-likeness (QED) is 0.591. The van der Waals surface area contributed by atoms with Crippen LogP contribution < -0.4 is 0 Å². The Labute approximate surface area is 170 Å². The second-order valence-electron chi connectivity index (χ2n) is 7.85. The van der Waals surface area contributed by atoms with Crippen LogP contribution in [0.15, 0.2) is 36.4 Å². The van der Waals surface area contributed by atoms with Gasteiger partial charge in [0.25, 0.3) is 0 Å². The fourth-order valence-corrected chi connectivity index (χ4v) is 4.54. The van der Waals surface area contributed by atoms with Crippen LogP contribution in [0.2, 0.25) is 5.02 Å². The van der Waals surface area contributed by atoms with Crippen LogP contribution in [-0.2, 0) is 16.1 Å². The number of hydrogen-bond acceptors (Lipinski definition) is 4. The van der Waals surface area contributed by atoms with Crippen molar-refractivity contribution >= 4 is 23.5 Å². The van der Waals surface area contributed by atoms with Crippen LogP contribution in [0.5, 0.6) is 0 Å². The highest BCUT2D eigenvalue weighted by molar-refractivity contribution is 6.30. The predicted octanol–water partition coefficient (Wildman–Crippen LogP) is 2.83. The molecule has 6 nitrogen and oxygen atoms in total. The average Bonchev–Trinajstić information content (AvgIpc) is 3.29. The minimum absolute atomic E-state index is 0.827. The van der Waals surface area contributed by atoms with Gasteiger partial charge in [0, 0.05) is 44.3 Å². The molecule has 3 unspecified atom stereocenters. The zero-order valence-electron chi connectivity index (χ0n) is 15.8. The van der Waals surface area contributed by atoms with E-state index in [0.29, 0.717) is 0 Å². The fraction of sp³-hybridized carbons (Fsp3) is 0.524. The van der Waals surface area contributed by atoms with Crippen molar-refractivity contribution in [2.75, 3.05) is 32.7 Å². The number of hydrogen-bond donors (Lipinski definition) is 2. The smallest absolute Gasteiger partial charge is 0.414 e. The highest BCUT2D eigenvalue weighted by Gasteiger charge is 2.36. The van der Waals surface area contributed by atoms with E-state index in [1.807, 2.05) is 12.1 Å². The Balaban J connectivity index is 0.000000330. The largest absolute Gasteiger partial charge is 0.473 e. The van der Waals surface area contributed by atoms with Crippen LogP contribution in [0, 0.1) is 17.8 Å². The van der Waals surface area contributed by atoms with Crippen molar-refractivity contribution in [3.05, 3.63) is 47.0 Å². The van der Waals surface area contributed by atoms with Gasteiger partial charge >= 0.3 is 11.9 Å². The van der Waals surface area contributed by atoms with Crippen LogP contribution in [0.3, 0.4) is 0 Å². The summed E-state index contributed by atoms with van der Waals surface area (Å²) in [7, 11) is 0. The van der Waals surface area contributed by atoms with Crippen molar-refractivity contribution in [3.8, 4) is 0 Å². The zero-order chi connectivity index (χ0) is 20.1. The average molecular weight is 407 g/mol. The van der Waals surface area contributed by atoms with E-state index in [2.05, 4.69) is 34.1 Å². The van der Waals surface area contributed by atoms with Crippen LogP contribution in [-0.4, -0.2) is 64.7 Å². The Morgan fingerprint density at radius 3 is 2.04 bits per heavy atom. The van der Waals surface area contributed by atoms with E-state index in [1.165, 1.54) is 51.1 Å². The molecule has 0 radical (unpaired) electrons. The Kier molecular flexibility index (Phi) is 7.10. The molecule has 2 aliphatic carbocycles. The minimum atomic E-state index is -1.82. The number of carboxylic acids is 2. The van der Waals surface area contributed by atoms with Gasteiger partial charge in [0.15, 0.2) is 0 Å². The van der Waals surface area contributed by atoms with Gasteiger partial charge < -0.3 is 15.1 Å². The molecule has 0 spiro atoms. The van der Waals surface area contributed by atoms with Crippen molar-refractivity contribution in [1.29, 1.82) is 0 Å². The van der Waals surface area contributed by atoms with E-state index in [0.717, 1.165) is 29.3 Å². The number of fused-ring (bicyclic) bond motifs is 2. The summed E-state index contributed by atoms with van der Waals surface area (Å²) in [5.74, 6) is -0.930. The molecule has 3 atom stereocenters. The lowest BCUT2D eigenvalue weighted by Gasteiger charge is -2.37. The van der Waals surface area contributed by atoms with Gasteiger partial charge in [-0.05, 0) is 48.3 Å². The topological polar surface area (TPSA) is 81.1 Å². The van der Waals surface area contributed by atoms with Crippen molar-refractivity contribution in [3.63, 3.8) is 0 Å². The summed E-state index contributed by atoms with van der Waals surface area (Å²) in [6.45, 7) is 7.22. The lowest BCUT2D eigenvalue weighted by atomic mass is 9.93. The van der Waals surface area contributed by atoms with E-state index in [-0.39, 0.29) is 0 Å². The number of benzene rings is 1. The zero-order valence-corrected chi connectivity index (χ0v) is 16.6. The van der Waals surface area contributed by atoms with Crippen LogP contribution in [0.1, 0.15) is 18.4 Å². The predicted molar refractivity (Wildman–Crippen MR) is 107 cm³/mol. The van der Waals surface area contributed by atoms with E-state index in [1.54, 1.807) is 0 Å². The first-order valence-electron chi connectivity index (χ1n) is 9.74. The Bertz CT molecular complexity index is 702. The van der Waals surface area contributed by atoms with Gasteiger partial charge in [-0.25, -0.2) is 9.59 Å². The minimum Gasteiger partial charge on any atom is -0.473 e. The van der Waals surface area contributed by atoms with Gasteiger partial charge in [-0.2, -0.15) is 0 Å². The molecule has 1 aromatic rings. The molecule has 2 bridgehead atoms. The third-order valence-electron chi connectivity index (χ3n) is 5.88. The van der Waals surface area contributed by atoms with Gasteiger partial charge in [0.05, 0.1) is 0 Å². The number of allylic oxidation sites excluding steroid dienone is 2. The van der Waals surface area contributed by atoms with Crippen molar-refractivity contribution < 1.29 is 19.8 Å². The van der Waals surface area contributed by atoms with Gasteiger partial charge in [-0.15, -0.1) is 0 Å². The number of carbonyl (C=O) groups is 2. The Hall–Kier alpha value is -1.89. The molecule has 0 aromatic heterocycles. The molecule has 1 aromatic carbocycles. The summed E-state index contributed by atoms with van der Waals surface area (Å²) in [5, 5.41) is 15.6. The maximum Gasteiger partial charge on any atom is 0.414 e. The normalized spacial score (nSPS) is 26.7. The maximum atomic E-state index is 9.10. The molecule has 2 N–H and O–H groups in total. The highest BCUT2D eigenvalue weighted by Crippen LogP contribution is 2.43. The lowest BCUT2D eigenvalue weighted by molar-refractivity contribution is -0.159. The first kappa shape index (κ1) is 20.8. The summed E-state index contributed by atoms with van der Waals surface area (Å²) < 4.78 is 0. The summed E-state index contributed by atoms with van der Waals surface area (Å²) >= 11 is 5.96. The molecule has 7 heteroatoms. The third kappa shape index (κ3) is 5.80. The Morgan fingerprint density at radius 2 is 1.54 bits per heavy atom. The molecule has 2 fully saturated rings. The fourth-order valence-electron chi connectivity index (χ4n) is 4.41. The number of nitrogens with zero attached hydrogens (tertiary/aromatic N) is 2. The van der Waals surface area contributed by atoms with E-state index in [4.69, 9.17) is 31.4 Å². The monoisotopic (exact) mass is 406 g/mol. The van der Waals surface area contributed by atoms with E-state index >= 15 is 0 Å². The first-order valence-corrected chi connectivity index (χ1v) is 10.1. The molecule has 1 saturated heterocycles. The number of aliphatic carboxylic acids is 2. The van der Waals surface area contributed by atoms with Crippen LogP contribution in [0.4, 0.5) is 0 Å². The standard InChI is InChI=1S/C19H25ClN2.C2H2O4/c20-19-5-2-15(3-6-19)13-21-7-9-22(10-8-21)14-18-12-16-1-4-17(18)11-16;3-1(4)2(5)6/h1-6,16-18H,7-14H2;(H,3,4)(H,5,6). The van der Waals surface area contributed by atoms with E-state index in [9.17, 15) is 0 Å². The number of rotatable bonds is 4. The maximum absolute atomic E-state index is 9.10. The van der Waals surface area contributed by atoms with Crippen molar-refractivity contribution in [2.24, 2.45) is 17.8 Å². The van der Waals surface area contributed by atoms with Gasteiger partial charge in [0.1, 0.15) is 0 Å². The first-order chi connectivity index (χ1) is 13.4. The molecular formula is C21H27ClN2O4. The second-order valence-corrected chi connectivity index (χ2v) is 8.29. The van der Waals surface area contributed by atoms with Crippen molar-refractivity contribution in [2.45, 2.75) is 19.4 Å². The summed E-state index contributed by atoms with van der Waals surface area (Å²) in [6, 6.07) is 8.29. The molecule has 28 heavy (non-hydrogen) atoms. The SMILES string of the molecule is Clc1ccc(CN2CCN(CC3CC4C=CC3C4)CC2)cc1.O=C(O)C(=O)O. The van der Waals surface area contributed by atoms with Crippen molar-refractivity contribution in [1.82, 2.24) is 9.80 Å². The molecular weight excluding hydrogens is 380 g/mol. The summed E-state index contributed by atoms with van der Waals surface area (Å²) in [4.78, 5) is 23.5. The van der Waals surface area contributed by atoms with Crippen LogP contribution in [0.25, 0.3) is 0 Å². The molecule has 1 heterocycles. The summed E-state index contributed by atoms with van der Waals surface area (Å²) in [5.41, 5.74) is 1.37. The molecule has 1 saturated carbocycles. The molecule has 3 aliphatic rings. The highest BCUT2D eigenvalue weighted by atomic mass is 35.5. The molecule has 152 valence electrons. The third-order valence-corrected chi connectivity index (χ3v) is 6.13. The van der Waals surface area contributed by atoms with Crippen LogP contribution >= 0.6 is 11.6 Å². The lowest BCUT2D eigenvalue weighted by Crippen LogP contribution is -2.47. The van der Waals surface area contributed by atoms with Gasteiger partial charge in [0.2, 0.25) is 0 Å². The Morgan fingerprint density at radius 1 is 0.929 bits per heavy atom. The van der Waals surface area contributed by atoms with Gasteiger partial charge in [-0.3, -0.25) is 4.90 Å². The number of carboxylic acid groups (broad SMARTS) is 2. The van der Waals surface area contributed by atoms with E-state index < -0.39 is 11.9 Å².